The highest BCUT2D eigenvalue weighted by atomic mass is 35.5. The molecule has 0 aliphatic rings. The van der Waals surface area contributed by atoms with Crippen LogP contribution in [-0.2, 0) is 0 Å². The van der Waals surface area contributed by atoms with Gasteiger partial charge in [-0.3, -0.25) is 0 Å². The van der Waals surface area contributed by atoms with Gasteiger partial charge in [-0.25, -0.2) is 4.39 Å². The highest BCUT2D eigenvalue weighted by Gasteiger charge is 2.06. The van der Waals surface area contributed by atoms with Crippen LogP contribution < -0.4 is 10.5 Å². The number of nitrogens with two attached hydrogens (primary N) is 1. The third kappa shape index (κ3) is 2.64. The van der Waals surface area contributed by atoms with Crippen LogP contribution >= 0.6 is 11.6 Å². The number of benzene rings is 1. The van der Waals surface area contributed by atoms with Crippen molar-refractivity contribution in [2.75, 3.05) is 12.3 Å². The van der Waals surface area contributed by atoms with Crippen molar-refractivity contribution in [2.45, 2.75) is 6.92 Å². The molecule has 4 heteroatoms. The molecule has 0 saturated heterocycles. The van der Waals surface area contributed by atoms with Crippen LogP contribution in [0.4, 0.5) is 10.1 Å². The van der Waals surface area contributed by atoms with Crippen LogP contribution in [0.15, 0.2) is 24.3 Å². The monoisotopic (exact) mass is 215 g/mol. The van der Waals surface area contributed by atoms with E-state index in [0.717, 1.165) is 6.07 Å². The maximum Gasteiger partial charge on any atom is 0.147 e. The van der Waals surface area contributed by atoms with E-state index in [1.807, 2.05) is 19.1 Å². The van der Waals surface area contributed by atoms with E-state index in [1.165, 1.54) is 6.07 Å². The molecular weight excluding hydrogens is 205 g/mol. The molecule has 2 nitrogen and oxygen atoms in total. The first-order chi connectivity index (χ1) is 6.65. The van der Waals surface area contributed by atoms with E-state index in [1.54, 1.807) is 0 Å². The van der Waals surface area contributed by atoms with Gasteiger partial charge in [-0.2, -0.15) is 0 Å². The third-order valence-corrected chi connectivity index (χ3v) is 1.92. The van der Waals surface area contributed by atoms with E-state index in [2.05, 4.69) is 0 Å². The van der Waals surface area contributed by atoms with Crippen molar-refractivity contribution in [3.63, 3.8) is 0 Å². The van der Waals surface area contributed by atoms with Gasteiger partial charge in [-0.05, 0) is 13.0 Å². The summed E-state index contributed by atoms with van der Waals surface area (Å²) in [5.41, 5.74) is 5.39. The minimum absolute atomic E-state index is 0.0323. The Labute approximate surface area is 87.1 Å². The van der Waals surface area contributed by atoms with Crippen LogP contribution in [0.2, 0.25) is 5.02 Å². The lowest BCUT2D eigenvalue weighted by molar-refractivity contribution is 0.362. The number of nitrogen functional groups attached to an aromatic ring is 1. The summed E-state index contributed by atoms with van der Waals surface area (Å²) >= 11 is 5.74. The largest absolute Gasteiger partial charge is 0.488 e. The second kappa shape index (κ2) is 4.86. The molecule has 1 aromatic rings. The van der Waals surface area contributed by atoms with Crippen molar-refractivity contribution < 1.29 is 9.13 Å². The predicted octanol–water partition coefficient (Wildman–Crippen LogP) is 3.02. The molecule has 1 rings (SSSR count). The summed E-state index contributed by atoms with van der Waals surface area (Å²) in [6, 6.07) is 2.52. The molecule has 1 aromatic carbocycles. The molecule has 76 valence electrons. The first kappa shape index (κ1) is 10.9. The van der Waals surface area contributed by atoms with Gasteiger partial charge >= 0.3 is 0 Å². The van der Waals surface area contributed by atoms with Crippen molar-refractivity contribution >= 4 is 17.3 Å². The van der Waals surface area contributed by atoms with E-state index >= 15 is 0 Å². The maximum atomic E-state index is 12.9. The molecule has 0 aromatic heterocycles. The fourth-order valence-corrected chi connectivity index (χ4v) is 1.09. The average Bonchev–Trinajstić information content (AvgIpc) is 2.14. The maximum absolute atomic E-state index is 12.9. The summed E-state index contributed by atoms with van der Waals surface area (Å²) < 4.78 is 18.1. The van der Waals surface area contributed by atoms with Crippen LogP contribution in [0.3, 0.4) is 0 Å². The normalized spacial score (nSPS) is 10.8. The molecule has 0 aliphatic heterocycles. The Morgan fingerprint density at radius 3 is 2.93 bits per heavy atom. The number of anilines is 1. The highest BCUT2D eigenvalue weighted by molar-refractivity contribution is 6.32. The van der Waals surface area contributed by atoms with E-state index < -0.39 is 5.82 Å². The Bertz CT molecular complexity index is 352. The molecule has 14 heavy (non-hydrogen) atoms. The standard InChI is InChI=1S/C10H11ClFNO/c1-2-3-4-14-10-6-9(13)8(12)5-7(10)11/h2-3,5-6H,4,13H2,1H3/b3-2+. The number of rotatable bonds is 3. The summed E-state index contributed by atoms with van der Waals surface area (Å²) in [6.07, 6.45) is 3.66. The lowest BCUT2D eigenvalue weighted by atomic mass is 10.3. The van der Waals surface area contributed by atoms with Crippen molar-refractivity contribution in [1.82, 2.24) is 0 Å². The minimum atomic E-state index is -0.534. The summed E-state index contributed by atoms with van der Waals surface area (Å²) in [4.78, 5) is 0. The van der Waals surface area contributed by atoms with Crippen molar-refractivity contribution in [1.29, 1.82) is 0 Å². The fraction of sp³-hybridized carbons (Fsp3) is 0.200. The topological polar surface area (TPSA) is 35.2 Å². The lowest BCUT2D eigenvalue weighted by Gasteiger charge is -2.06. The van der Waals surface area contributed by atoms with Gasteiger partial charge in [0.1, 0.15) is 18.2 Å². The second-order valence-corrected chi connectivity index (χ2v) is 3.09. The molecule has 0 bridgehead atoms. The van der Waals surface area contributed by atoms with E-state index in [0.29, 0.717) is 12.4 Å². The second-order valence-electron chi connectivity index (χ2n) is 2.68. The zero-order chi connectivity index (χ0) is 10.6. The summed E-state index contributed by atoms with van der Waals surface area (Å²) in [5, 5.41) is 0.223. The van der Waals surface area contributed by atoms with Gasteiger partial charge in [0.05, 0.1) is 10.7 Å². The zero-order valence-electron chi connectivity index (χ0n) is 7.76. The Kier molecular flexibility index (Phi) is 3.77. The van der Waals surface area contributed by atoms with Gasteiger partial charge in [0.2, 0.25) is 0 Å². The number of allylic oxidation sites excluding steroid dienone is 1. The van der Waals surface area contributed by atoms with Gasteiger partial charge in [0.15, 0.2) is 0 Å². The van der Waals surface area contributed by atoms with E-state index in [9.17, 15) is 4.39 Å². The summed E-state index contributed by atoms with van der Waals surface area (Å²) in [5.74, 6) is -0.142. The third-order valence-electron chi connectivity index (χ3n) is 1.62. The smallest absolute Gasteiger partial charge is 0.147 e. The molecular formula is C10H11ClFNO. The first-order valence-corrected chi connectivity index (χ1v) is 4.51. The fourth-order valence-electron chi connectivity index (χ4n) is 0.890. The van der Waals surface area contributed by atoms with Gasteiger partial charge in [-0.15, -0.1) is 0 Å². The number of hydrogen-bond acceptors (Lipinski definition) is 2. The molecule has 0 fully saturated rings. The molecule has 0 heterocycles. The van der Waals surface area contributed by atoms with Gasteiger partial charge in [-0.1, -0.05) is 23.8 Å². The van der Waals surface area contributed by atoms with Crippen molar-refractivity contribution in [3.8, 4) is 5.75 Å². The summed E-state index contributed by atoms with van der Waals surface area (Å²) in [6.45, 7) is 2.27. The SMILES string of the molecule is C/C=C/COc1cc(N)c(F)cc1Cl. The predicted molar refractivity (Wildman–Crippen MR) is 56.1 cm³/mol. The molecule has 0 spiro atoms. The van der Waals surface area contributed by atoms with Gasteiger partial charge in [0, 0.05) is 6.07 Å². The number of ether oxygens (including phenoxy) is 1. The van der Waals surface area contributed by atoms with E-state index in [4.69, 9.17) is 22.1 Å². The van der Waals surface area contributed by atoms with Crippen LogP contribution in [0, 0.1) is 5.82 Å². The van der Waals surface area contributed by atoms with Crippen molar-refractivity contribution in [3.05, 3.63) is 35.1 Å². The van der Waals surface area contributed by atoms with Crippen molar-refractivity contribution in [2.24, 2.45) is 0 Å². The van der Waals surface area contributed by atoms with Crippen LogP contribution in [-0.4, -0.2) is 6.61 Å². The van der Waals surface area contributed by atoms with Crippen LogP contribution in [0.25, 0.3) is 0 Å². The highest BCUT2D eigenvalue weighted by Crippen LogP contribution is 2.28. The Hall–Kier alpha value is -1.22. The summed E-state index contributed by atoms with van der Waals surface area (Å²) in [7, 11) is 0. The Morgan fingerprint density at radius 1 is 1.57 bits per heavy atom. The molecule has 0 aliphatic carbocycles. The molecule has 0 saturated carbocycles. The zero-order valence-corrected chi connectivity index (χ0v) is 8.51. The Balaban J connectivity index is 2.81. The first-order valence-electron chi connectivity index (χ1n) is 4.13. The average molecular weight is 216 g/mol. The quantitative estimate of drug-likeness (QED) is 0.622. The molecule has 0 radical (unpaired) electrons. The number of halogens is 2. The van der Waals surface area contributed by atoms with E-state index in [-0.39, 0.29) is 10.7 Å². The molecule has 0 atom stereocenters. The Morgan fingerprint density at radius 2 is 2.29 bits per heavy atom. The molecule has 2 N–H and O–H groups in total. The van der Waals surface area contributed by atoms with Gasteiger partial charge < -0.3 is 10.5 Å². The molecule has 0 unspecified atom stereocenters. The lowest BCUT2D eigenvalue weighted by Crippen LogP contribution is -1.97. The van der Waals surface area contributed by atoms with Crippen LogP contribution in [0.1, 0.15) is 6.92 Å². The minimum Gasteiger partial charge on any atom is -0.488 e. The van der Waals surface area contributed by atoms with Crippen LogP contribution in [0.5, 0.6) is 5.75 Å². The number of hydrogen-bond donors (Lipinski definition) is 1. The molecule has 0 amide bonds. The van der Waals surface area contributed by atoms with Gasteiger partial charge in [0.25, 0.3) is 0 Å².